The molecule has 2 aliphatic rings. The Morgan fingerprint density at radius 2 is 1.79 bits per heavy atom. The highest BCUT2D eigenvalue weighted by molar-refractivity contribution is 4.87. The molecule has 1 saturated heterocycles. The summed E-state index contributed by atoms with van der Waals surface area (Å²) in [6.45, 7) is 13.2. The minimum absolute atomic E-state index is 0.715. The average Bonchev–Trinajstić information content (AvgIpc) is 2.46. The molecule has 0 amide bonds. The van der Waals surface area contributed by atoms with Gasteiger partial charge in [0.25, 0.3) is 0 Å². The third-order valence-corrected chi connectivity index (χ3v) is 5.34. The summed E-state index contributed by atoms with van der Waals surface area (Å²) in [4.78, 5) is 7.94. The predicted molar refractivity (Wildman–Crippen MR) is 82.6 cm³/mol. The molecule has 0 aromatic heterocycles. The van der Waals surface area contributed by atoms with Crippen LogP contribution in [0.2, 0.25) is 0 Å². The van der Waals surface area contributed by atoms with Gasteiger partial charge in [0.05, 0.1) is 0 Å². The van der Waals surface area contributed by atoms with Crippen LogP contribution in [0.15, 0.2) is 0 Å². The zero-order chi connectivity index (χ0) is 13.8. The molecule has 3 heteroatoms. The van der Waals surface area contributed by atoms with Crippen LogP contribution in [0.3, 0.4) is 0 Å². The Labute approximate surface area is 119 Å². The van der Waals surface area contributed by atoms with Gasteiger partial charge in [0.15, 0.2) is 0 Å². The lowest BCUT2D eigenvalue weighted by molar-refractivity contribution is 0.0452. The van der Waals surface area contributed by atoms with Gasteiger partial charge in [0.2, 0.25) is 0 Å². The van der Waals surface area contributed by atoms with Gasteiger partial charge < -0.3 is 4.90 Å². The molecule has 0 aromatic carbocycles. The fourth-order valence-corrected chi connectivity index (χ4v) is 3.75. The molecule has 1 heterocycles. The molecule has 1 saturated carbocycles. The standard InChI is InChI=1S/C16H33N3/c1-5-17(4)15-7-6-8-16(13-15)19-11-9-18(10-12-19)14(2)3/h14-16H,5-13H2,1-4H3/t15-,16-/m0/s1. The van der Waals surface area contributed by atoms with E-state index in [9.17, 15) is 0 Å². The molecule has 3 nitrogen and oxygen atoms in total. The Kier molecular flexibility index (Phi) is 5.67. The quantitative estimate of drug-likeness (QED) is 0.774. The number of hydrogen-bond acceptors (Lipinski definition) is 3. The maximum atomic E-state index is 2.77. The topological polar surface area (TPSA) is 9.72 Å². The molecule has 19 heavy (non-hydrogen) atoms. The van der Waals surface area contributed by atoms with E-state index in [1.807, 2.05) is 0 Å². The van der Waals surface area contributed by atoms with Crippen LogP contribution in [0.25, 0.3) is 0 Å². The van der Waals surface area contributed by atoms with Gasteiger partial charge in [-0.25, -0.2) is 0 Å². The number of piperazine rings is 1. The number of nitrogens with zero attached hydrogens (tertiary/aromatic N) is 3. The van der Waals surface area contributed by atoms with Crippen molar-refractivity contribution < 1.29 is 0 Å². The first-order valence-corrected chi connectivity index (χ1v) is 8.30. The molecule has 0 bridgehead atoms. The van der Waals surface area contributed by atoms with Gasteiger partial charge in [-0.2, -0.15) is 0 Å². The van der Waals surface area contributed by atoms with E-state index in [-0.39, 0.29) is 0 Å². The fourth-order valence-electron chi connectivity index (χ4n) is 3.75. The molecule has 0 aromatic rings. The van der Waals surface area contributed by atoms with Crippen molar-refractivity contribution in [1.82, 2.24) is 14.7 Å². The smallest absolute Gasteiger partial charge is 0.0113 e. The van der Waals surface area contributed by atoms with E-state index in [0.29, 0.717) is 6.04 Å². The van der Waals surface area contributed by atoms with Crippen LogP contribution < -0.4 is 0 Å². The van der Waals surface area contributed by atoms with Crippen molar-refractivity contribution >= 4 is 0 Å². The Morgan fingerprint density at radius 3 is 2.37 bits per heavy atom. The van der Waals surface area contributed by atoms with E-state index in [1.54, 1.807) is 0 Å². The molecule has 2 fully saturated rings. The Morgan fingerprint density at radius 1 is 1.11 bits per heavy atom. The van der Waals surface area contributed by atoms with Crippen LogP contribution in [0.4, 0.5) is 0 Å². The van der Waals surface area contributed by atoms with Crippen LogP contribution in [0.1, 0.15) is 46.5 Å². The Bertz CT molecular complexity index is 259. The fraction of sp³-hybridized carbons (Fsp3) is 1.00. The zero-order valence-corrected chi connectivity index (χ0v) is 13.4. The molecule has 1 aliphatic carbocycles. The largest absolute Gasteiger partial charge is 0.304 e. The molecule has 0 N–H and O–H groups in total. The van der Waals surface area contributed by atoms with Crippen LogP contribution in [0, 0.1) is 0 Å². The maximum absolute atomic E-state index is 2.77. The molecule has 2 rings (SSSR count). The molecule has 0 radical (unpaired) electrons. The lowest BCUT2D eigenvalue weighted by Gasteiger charge is -2.44. The van der Waals surface area contributed by atoms with E-state index < -0.39 is 0 Å². The van der Waals surface area contributed by atoms with Crippen LogP contribution in [-0.2, 0) is 0 Å². The Balaban J connectivity index is 1.82. The second-order valence-electron chi connectivity index (χ2n) is 6.71. The van der Waals surface area contributed by atoms with Crippen LogP contribution in [0.5, 0.6) is 0 Å². The van der Waals surface area contributed by atoms with Crippen LogP contribution in [-0.4, -0.2) is 72.6 Å². The summed E-state index contributed by atoms with van der Waals surface area (Å²) >= 11 is 0. The van der Waals surface area contributed by atoms with Gasteiger partial charge in [0.1, 0.15) is 0 Å². The van der Waals surface area contributed by atoms with E-state index in [1.165, 1.54) is 58.4 Å². The lowest BCUT2D eigenvalue weighted by Crippen LogP contribution is -2.54. The molecule has 0 spiro atoms. The number of hydrogen-bond donors (Lipinski definition) is 0. The van der Waals surface area contributed by atoms with Gasteiger partial charge >= 0.3 is 0 Å². The van der Waals surface area contributed by atoms with Crippen molar-refractivity contribution in [3.63, 3.8) is 0 Å². The summed E-state index contributed by atoms with van der Waals surface area (Å²) in [6, 6.07) is 2.39. The third kappa shape index (κ3) is 3.93. The van der Waals surface area contributed by atoms with E-state index in [0.717, 1.165) is 12.1 Å². The molecular weight excluding hydrogens is 234 g/mol. The van der Waals surface area contributed by atoms with Crippen molar-refractivity contribution in [3.05, 3.63) is 0 Å². The molecule has 0 unspecified atom stereocenters. The molecule has 1 aliphatic heterocycles. The summed E-state index contributed by atoms with van der Waals surface area (Å²) in [5, 5.41) is 0. The lowest BCUT2D eigenvalue weighted by atomic mass is 9.88. The summed E-state index contributed by atoms with van der Waals surface area (Å²) in [7, 11) is 2.30. The highest BCUT2D eigenvalue weighted by Gasteiger charge is 2.30. The van der Waals surface area contributed by atoms with E-state index in [4.69, 9.17) is 0 Å². The van der Waals surface area contributed by atoms with Gasteiger partial charge in [-0.05, 0) is 46.7 Å². The van der Waals surface area contributed by atoms with Crippen molar-refractivity contribution in [1.29, 1.82) is 0 Å². The monoisotopic (exact) mass is 267 g/mol. The minimum Gasteiger partial charge on any atom is -0.304 e. The first-order valence-electron chi connectivity index (χ1n) is 8.30. The summed E-state index contributed by atoms with van der Waals surface area (Å²) < 4.78 is 0. The third-order valence-electron chi connectivity index (χ3n) is 5.34. The SMILES string of the molecule is CCN(C)[C@H]1CCC[C@H](N2CCN(C(C)C)CC2)C1. The summed E-state index contributed by atoms with van der Waals surface area (Å²) in [6.07, 6.45) is 5.65. The van der Waals surface area contributed by atoms with Crippen molar-refractivity contribution in [3.8, 4) is 0 Å². The Hall–Kier alpha value is -0.120. The predicted octanol–water partition coefficient (Wildman–Crippen LogP) is 2.28. The first kappa shape index (κ1) is 15.3. The van der Waals surface area contributed by atoms with Gasteiger partial charge in [-0.3, -0.25) is 9.80 Å². The van der Waals surface area contributed by atoms with Gasteiger partial charge in [0, 0.05) is 44.3 Å². The zero-order valence-electron chi connectivity index (χ0n) is 13.4. The average molecular weight is 267 g/mol. The second kappa shape index (κ2) is 7.05. The maximum Gasteiger partial charge on any atom is 0.0113 e. The highest BCUT2D eigenvalue weighted by atomic mass is 15.3. The summed E-state index contributed by atoms with van der Waals surface area (Å²) in [5.74, 6) is 0. The molecule has 2 atom stereocenters. The highest BCUT2D eigenvalue weighted by Crippen LogP contribution is 2.27. The van der Waals surface area contributed by atoms with Crippen LogP contribution >= 0.6 is 0 Å². The minimum atomic E-state index is 0.715. The van der Waals surface area contributed by atoms with E-state index in [2.05, 4.69) is 42.5 Å². The van der Waals surface area contributed by atoms with Crippen molar-refractivity contribution in [2.24, 2.45) is 0 Å². The van der Waals surface area contributed by atoms with Crippen molar-refractivity contribution in [2.75, 3.05) is 39.8 Å². The first-order chi connectivity index (χ1) is 9.11. The molecular formula is C16H33N3. The van der Waals surface area contributed by atoms with Gasteiger partial charge in [-0.15, -0.1) is 0 Å². The number of rotatable bonds is 4. The summed E-state index contributed by atoms with van der Waals surface area (Å²) in [5.41, 5.74) is 0. The van der Waals surface area contributed by atoms with E-state index >= 15 is 0 Å². The normalized spacial score (nSPS) is 31.3. The van der Waals surface area contributed by atoms with Crippen molar-refractivity contribution in [2.45, 2.75) is 64.6 Å². The molecule has 112 valence electrons. The van der Waals surface area contributed by atoms with Gasteiger partial charge in [-0.1, -0.05) is 13.3 Å². The second-order valence-corrected chi connectivity index (χ2v) is 6.71.